The SMILES string of the molecule is CC(C)(C)Cc1ccn(-c2ccc(-n3cnc(CNC(=O)c4ccc(Cl)s4)c3)cc2)c(=O)c1. The maximum atomic E-state index is 12.6. The van der Waals surface area contributed by atoms with Crippen molar-refractivity contribution < 1.29 is 4.79 Å². The van der Waals surface area contributed by atoms with Crippen LogP contribution >= 0.6 is 22.9 Å². The molecule has 0 radical (unpaired) electrons. The van der Waals surface area contributed by atoms with Gasteiger partial charge in [0, 0.05) is 29.8 Å². The van der Waals surface area contributed by atoms with Crippen molar-refractivity contribution in [1.82, 2.24) is 19.4 Å². The van der Waals surface area contributed by atoms with Crippen molar-refractivity contribution in [3.8, 4) is 11.4 Å². The molecule has 0 aliphatic carbocycles. The van der Waals surface area contributed by atoms with E-state index >= 15 is 0 Å². The molecule has 4 rings (SSSR count). The molecule has 1 amide bonds. The van der Waals surface area contributed by atoms with Crippen LogP contribution < -0.4 is 10.9 Å². The molecule has 0 bridgehead atoms. The number of imidazole rings is 1. The van der Waals surface area contributed by atoms with Crippen molar-refractivity contribution >= 4 is 28.8 Å². The second-order valence-corrected chi connectivity index (χ2v) is 10.8. The van der Waals surface area contributed by atoms with E-state index in [0.29, 0.717) is 15.8 Å². The normalized spacial score (nSPS) is 11.5. The zero-order chi connectivity index (χ0) is 23.6. The molecule has 4 aromatic rings. The summed E-state index contributed by atoms with van der Waals surface area (Å²) in [7, 11) is 0. The van der Waals surface area contributed by atoms with E-state index < -0.39 is 0 Å². The Morgan fingerprint density at radius 1 is 1.09 bits per heavy atom. The van der Waals surface area contributed by atoms with Crippen LogP contribution in [0, 0.1) is 5.41 Å². The molecule has 0 aliphatic heterocycles. The van der Waals surface area contributed by atoms with E-state index in [1.54, 1.807) is 29.1 Å². The molecular formula is C25H25ClN4O2S. The Balaban J connectivity index is 1.43. The molecule has 170 valence electrons. The molecule has 3 aromatic heterocycles. The number of hydrogen-bond donors (Lipinski definition) is 1. The highest BCUT2D eigenvalue weighted by Gasteiger charge is 2.13. The largest absolute Gasteiger partial charge is 0.346 e. The number of rotatable bonds is 6. The summed E-state index contributed by atoms with van der Waals surface area (Å²) in [6, 6.07) is 14.8. The molecule has 3 heterocycles. The second kappa shape index (κ2) is 9.37. The summed E-state index contributed by atoms with van der Waals surface area (Å²) in [6.45, 7) is 6.79. The molecule has 1 aromatic carbocycles. The first-order valence-corrected chi connectivity index (χ1v) is 11.8. The number of pyridine rings is 1. The summed E-state index contributed by atoms with van der Waals surface area (Å²) in [4.78, 5) is 29.7. The quantitative estimate of drug-likeness (QED) is 0.409. The van der Waals surface area contributed by atoms with E-state index in [4.69, 9.17) is 11.6 Å². The Morgan fingerprint density at radius 2 is 1.82 bits per heavy atom. The Bertz CT molecular complexity index is 1330. The van der Waals surface area contributed by atoms with Crippen molar-refractivity contribution in [2.45, 2.75) is 33.7 Å². The summed E-state index contributed by atoms with van der Waals surface area (Å²) >= 11 is 7.13. The third-order valence-electron chi connectivity index (χ3n) is 5.01. The maximum absolute atomic E-state index is 12.6. The first-order chi connectivity index (χ1) is 15.7. The van der Waals surface area contributed by atoms with Gasteiger partial charge in [-0.25, -0.2) is 4.98 Å². The average Bonchev–Trinajstić information content (AvgIpc) is 3.40. The summed E-state index contributed by atoms with van der Waals surface area (Å²) in [5.74, 6) is -0.176. The third-order valence-corrected chi connectivity index (χ3v) is 6.24. The first-order valence-electron chi connectivity index (χ1n) is 10.6. The molecule has 33 heavy (non-hydrogen) atoms. The van der Waals surface area contributed by atoms with Gasteiger partial charge in [0.15, 0.2) is 0 Å². The molecule has 1 N–H and O–H groups in total. The predicted molar refractivity (Wildman–Crippen MR) is 133 cm³/mol. The zero-order valence-electron chi connectivity index (χ0n) is 18.7. The van der Waals surface area contributed by atoms with Crippen molar-refractivity contribution in [3.05, 3.63) is 98.1 Å². The standard InChI is InChI=1S/C25H25ClN4O2S/c1-25(2,3)13-17-10-11-30(23(31)12-17)20-6-4-19(5-7-20)29-15-18(28-16-29)14-27-24(32)21-8-9-22(26)33-21/h4-12,15-16H,13-14H2,1-3H3,(H,27,32). The highest BCUT2D eigenvalue weighted by atomic mass is 35.5. The molecule has 0 fully saturated rings. The van der Waals surface area contributed by atoms with E-state index in [1.165, 1.54) is 11.3 Å². The van der Waals surface area contributed by atoms with Gasteiger partial charge in [-0.1, -0.05) is 32.4 Å². The van der Waals surface area contributed by atoms with Crippen LogP contribution in [0.1, 0.15) is 41.7 Å². The van der Waals surface area contributed by atoms with E-state index in [-0.39, 0.29) is 16.9 Å². The lowest BCUT2D eigenvalue weighted by atomic mass is 9.88. The van der Waals surface area contributed by atoms with E-state index in [0.717, 1.165) is 29.1 Å². The van der Waals surface area contributed by atoms with Crippen LogP contribution in [0.15, 0.2) is 72.0 Å². The van der Waals surface area contributed by atoms with Gasteiger partial charge in [-0.2, -0.15) is 0 Å². The van der Waals surface area contributed by atoms with Gasteiger partial charge < -0.3 is 9.88 Å². The molecule has 6 nitrogen and oxygen atoms in total. The highest BCUT2D eigenvalue weighted by Crippen LogP contribution is 2.22. The van der Waals surface area contributed by atoms with Crippen molar-refractivity contribution in [1.29, 1.82) is 0 Å². The number of amides is 1. The fourth-order valence-corrected chi connectivity index (χ4v) is 4.49. The van der Waals surface area contributed by atoms with Crippen LogP contribution in [0.2, 0.25) is 4.34 Å². The molecule has 0 atom stereocenters. The van der Waals surface area contributed by atoms with Crippen molar-refractivity contribution in [2.75, 3.05) is 0 Å². The molecule has 0 spiro atoms. The molecule has 0 unspecified atom stereocenters. The lowest BCUT2D eigenvalue weighted by Gasteiger charge is -2.18. The van der Waals surface area contributed by atoms with Gasteiger partial charge in [0.2, 0.25) is 0 Å². The Kier molecular flexibility index (Phi) is 6.54. The van der Waals surface area contributed by atoms with E-state index in [1.807, 2.05) is 47.3 Å². The molecule has 0 saturated carbocycles. The molecule has 0 saturated heterocycles. The van der Waals surface area contributed by atoms with E-state index in [9.17, 15) is 9.59 Å². The Labute approximate surface area is 201 Å². The summed E-state index contributed by atoms with van der Waals surface area (Å²) in [6.07, 6.45) is 6.25. The smallest absolute Gasteiger partial charge is 0.261 e. The minimum absolute atomic E-state index is 0.0443. The predicted octanol–water partition coefficient (Wildman–Crippen LogP) is 5.26. The molecule has 8 heteroatoms. The number of benzene rings is 1. The van der Waals surface area contributed by atoms with Crippen LogP contribution in [0.3, 0.4) is 0 Å². The summed E-state index contributed by atoms with van der Waals surface area (Å²) in [5, 5.41) is 2.85. The summed E-state index contributed by atoms with van der Waals surface area (Å²) in [5.41, 5.74) is 3.57. The van der Waals surface area contributed by atoms with Gasteiger partial charge in [0.05, 0.1) is 27.8 Å². The average molecular weight is 481 g/mol. The fourth-order valence-electron chi connectivity index (χ4n) is 3.53. The number of hydrogen-bond acceptors (Lipinski definition) is 4. The Hall–Kier alpha value is -3.16. The summed E-state index contributed by atoms with van der Waals surface area (Å²) < 4.78 is 4.10. The molecule has 0 aliphatic rings. The minimum Gasteiger partial charge on any atom is -0.346 e. The number of aromatic nitrogens is 3. The van der Waals surface area contributed by atoms with Gasteiger partial charge in [-0.05, 0) is 59.9 Å². The zero-order valence-corrected chi connectivity index (χ0v) is 20.3. The van der Waals surface area contributed by atoms with Gasteiger partial charge >= 0.3 is 0 Å². The first kappa shape index (κ1) is 23.0. The van der Waals surface area contributed by atoms with E-state index in [2.05, 4.69) is 31.1 Å². The maximum Gasteiger partial charge on any atom is 0.261 e. The number of nitrogens with zero attached hydrogens (tertiary/aromatic N) is 3. The van der Waals surface area contributed by atoms with Crippen LogP contribution in [-0.2, 0) is 13.0 Å². The van der Waals surface area contributed by atoms with Crippen LogP contribution in [-0.4, -0.2) is 20.0 Å². The molecular weight excluding hydrogens is 456 g/mol. The number of thiophene rings is 1. The Morgan fingerprint density at radius 3 is 2.45 bits per heavy atom. The van der Waals surface area contributed by atoms with Gasteiger partial charge in [-0.15, -0.1) is 11.3 Å². The van der Waals surface area contributed by atoms with Crippen molar-refractivity contribution in [2.24, 2.45) is 5.41 Å². The van der Waals surface area contributed by atoms with Crippen LogP contribution in [0.25, 0.3) is 11.4 Å². The topological polar surface area (TPSA) is 68.9 Å². The van der Waals surface area contributed by atoms with Gasteiger partial charge in [-0.3, -0.25) is 14.2 Å². The third kappa shape index (κ3) is 5.80. The van der Waals surface area contributed by atoms with Crippen molar-refractivity contribution in [3.63, 3.8) is 0 Å². The number of nitrogens with one attached hydrogen (secondary N) is 1. The van der Waals surface area contributed by atoms with Gasteiger partial charge in [0.1, 0.15) is 0 Å². The number of halogens is 1. The van der Waals surface area contributed by atoms with Crippen LogP contribution in [0.4, 0.5) is 0 Å². The van der Waals surface area contributed by atoms with Gasteiger partial charge in [0.25, 0.3) is 11.5 Å². The fraction of sp³-hybridized carbons (Fsp3) is 0.240. The van der Waals surface area contributed by atoms with Crippen LogP contribution in [0.5, 0.6) is 0 Å². The lowest BCUT2D eigenvalue weighted by molar-refractivity contribution is 0.0954. The minimum atomic E-state index is -0.176. The number of carbonyl (C=O) groups is 1. The second-order valence-electron chi connectivity index (χ2n) is 9.06. The monoisotopic (exact) mass is 480 g/mol. The number of carbonyl (C=O) groups excluding carboxylic acids is 1. The highest BCUT2D eigenvalue weighted by molar-refractivity contribution is 7.17. The lowest BCUT2D eigenvalue weighted by Crippen LogP contribution is -2.21.